The number of piperidine rings is 1. The zero-order chi connectivity index (χ0) is 20.8. The highest BCUT2D eigenvalue weighted by molar-refractivity contribution is 5.74. The average molecular weight is 396 g/mol. The van der Waals surface area contributed by atoms with Gasteiger partial charge in [-0.2, -0.15) is 10.1 Å². The fraction of sp³-hybridized carbons (Fsp3) is 0.500. The normalized spacial score (nSPS) is 15.8. The molecule has 7 heteroatoms. The van der Waals surface area contributed by atoms with E-state index in [1.54, 1.807) is 6.20 Å². The van der Waals surface area contributed by atoms with Crippen LogP contribution in [0.3, 0.4) is 0 Å². The number of ether oxygens (including phenoxy) is 1. The average Bonchev–Trinajstić information content (AvgIpc) is 3.10. The standard InChI is InChI=1S/C22H29N5O2/c1-14-7-6-8-15(2)18(14)29-16-9-11-26(12-10-16)21-24-19-17(20(28)25-21)13-23-27(19)22(3,4)5/h6-8,13,16H,9-12H2,1-5H3,(H,24,25,28). The van der Waals surface area contributed by atoms with Gasteiger partial charge in [0.2, 0.25) is 5.95 Å². The molecule has 0 amide bonds. The van der Waals surface area contributed by atoms with Gasteiger partial charge in [-0.15, -0.1) is 0 Å². The molecular weight excluding hydrogens is 366 g/mol. The molecule has 0 atom stereocenters. The van der Waals surface area contributed by atoms with Gasteiger partial charge in [-0.05, 0) is 45.7 Å². The van der Waals surface area contributed by atoms with Crippen LogP contribution < -0.4 is 15.2 Å². The summed E-state index contributed by atoms with van der Waals surface area (Å²) in [5.41, 5.74) is 2.57. The number of fused-ring (bicyclic) bond motifs is 1. The van der Waals surface area contributed by atoms with E-state index in [-0.39, 0.29) is 17.2 Å². The monoisotopic (exact) mass is 395 g/mol. The quantitative estimate of drug-likeness (QED) is 0.734. The number of hydrogen-bond donors (Lipinski definition) is 1. The number of anilines is 1. The maximum atomic E-state index is 12.6. The molecule has 1 fully saturated rings. The first kappa shape index (κ1) is 19.5. The van der Waals surface area contributed by atoms with Gasteiger partial charge in [-0.25, -0.2) is 4.68 Å². The van der Waals surface area contributed by atoms with Crippen LogP contribution >= 0.6 is 0 Å². The van der Waals surface area contributed by atoms with Crippen LogP contribution in [-0.2, 0) is 5.54 Å². The Morgan fingerprint density at radius 3 is 2.41 bits per heavy atom. The Bertz CT molecular complexity index is 1060. The largest absolute Gasteiger partial charge is 0.490 e. The number of nitrogens with one attached hydrogen (secondary N) is 1. The van der Waals surface area contributed by atoms with Crippen molar-refractivity contribution in [3.05, 3.63) is 45.9 Å². The molecule has 1 aromatic carbocycles. The number of aromatic amines is 1. The summed E-state index contributed by atoms with van der Waals surface area (Å²) < 4.78 is 8.13. The topological polar surface area (TPSA) is 76.0 Å². The van der Waals surface area contributed by atoms with Gasteiger partial charge in [0.05, 0.1) is 11.7 Å². The van der Waals surface area contributed by atoms with Crippen molar-refractivity contribution in [3.8, 4) is 5.75 Å². The van der Waals surface area contributed by atoms with E-state index < -0.39 is 0 Å². The molecule has 1 aliphatic rings. The number of aromatic nitrogens is 4. The predicted molar refractivity (Wildman–Crippen MR) is 115 cm³/mol. The Morgan fingerprint density at radius 2 is 1.79 bits per heavy atom. The molecule has 3 heterocycles. The van der Waals surface area contributed by atoms with Crippen LogP contribution in [0.1, 0.15) is 44.7 Å². The SMILES string of the molecule is Cc1cccc(C)c1OC1CCN(c2nc3c(cnn3C(C)(C)C)c(=O)[nH]2)CC1. The van der Waals surface area contributed by atoms with Crippen LogP contribution in [0.15, 0.2) is 29.2 Å². The van der Waals surface area contributed by atoms with Gasteiger partial charge in [0.1, 0.15) is 17.2 Å². The van der Waals surface area contributed by atoms with Crippen molar-refractivity contribution < 1.29 is 4.74 Å². The van der Waals surface area contributed by atoms with Crippen molar-refractivity contribution in [2.24, 2.45) is 0 Å². The highest BCUT2D eigenvalue weighted by atomic mass is 16.5. The van der Waals surface area contributed by atoms with Crippen LogP contribution in [0.2, 0.25) is 0 Å². The fourth-order valence-corrected chi connectivity index (χ4v) is 3.88. The number of aryl methyl sites for hydroxylation is 2. The molecule has 4 rings (SSSR count). The maximum Gasteiger partial charge on any atom is 0.263 e. The maximum absolute atomic E-state index is 12.6. The molecule has 0 unspecified atom stereocenters. The van der Waals surface area contributed by atoms with E-state index in [0.717, 1.165) is 31.7 Å². The molecule has 0 spiro atoms. The summed E-state index contributed by atoms with van der Waals surface area (Å²) in [6, 6.07) is 6.22. The van der Waals surface area contributed by atoms with E-state index in [1.807, 2.05) is 4.68 Å². The molecule has 1 N–H and O–H groups in total. The summed E-state index contributed by atoms with van der Waals surface area (Å²) >= 11 is 0. The first-order valence-electron chi connectivity index (χ1n) is 10.2. The second-order valence-electron chi connectivity index (χ2n) is 8.88. The van der Waals surface area contributed by atoms with Crippen molar-refractivity contribution in [1.29, 1.82) is 0 Å². The molecule has 1 aliphatic heterocycles. The van der Waals surface area contributed by atoms with Gasteiger partial charge in [0, 0.05) is 25.9 Å². The van der Waals surface area contributed by atoms with Crippen LogP contribution in [0, 0.1) is 13.8 Å². The number of para-hydroxylation sites is 1. The second kappa shape index (κ2) is 7.21. The van der Waals surface area contributed by atoms with Crippen LogP contribution in [0.4, 0.5) is 5.95 Å². The minimum absolute atomic E-state index is 0.144. The number of benzene rings is 1. The number of rotatable bonds is 3. The molecule has 0 saturated carbocycles. The molecule has 3 aromatic rings. The van der Waals surface area contributed by atoms with Gasteiger partial charge in [-0.1, -0.05) is 18.2 Å². The molecule has 0 radical (unpaired) electrons. The summed E-state index contributed by atoms with van der Waals surface area (Å²) in [6.45, 7) is 11.9. The van der Waals surface area contributed by atoms with Crippen LogP contribution in [-0.4, -0.2) is 38.9 Å². The zero-order valence-electron chi connectivity index (χ0n) is 17.8. The van der Waals surface area contributed by atoms with Crippen molar-refractivity contribution >= 4 is 17.0 Å². The number of nitrogens with zero attached hydrogens (tertiary/aromatic N) is 4. The highest BCUT2D eigenvalue weighted by Crippen LogP contribution is 2.27. The van der Waals surface area contributed by atoms with E-state index in [9.17, 15) is 4.79 Å². The Morgan fingerprint density at radius 1 is 1.14 bits per heavy atom. The summed E-state index contributed by atoms with van der Waals surface area (Å²) in [5.74, 6) is 1.60. The van der Waals surface area contributed by atoms with E-state index in [1.165, 1.54) is 11.1 Å². The minimum Gasteiger partial charge on any atom is -0.490 e. The number of H-pyrrole nitrogens is 1. The van der Waals surface area contributed by atoms with Crippen molar-refractivity contribution in [3.63, 3.8) is 0 Å². The Hall–Kier alpha value is -2.83. The van der Waals surface area contributed by atoms with Gasteiger partial charge >= 0.3 is 0 Å². The lowest BCUT2D eigenvalue weighted by Crippen LogP contribution is -2.40. The molecule has 0 aliphatic carbocycles. The lowest BCUT2D eigenvalue weighted by atomic mass is 10.1. The Labute approximate surface area is 170 Å². The summed E-state index contributed by atoms with van der Waals surface area (Å²) in [6.07, 6.45) is 3.53. The molecule has 154 valence electrons. The lowest BCUT2D eigenvalue weighted by molar-refractivity contribution is 0.168. The fourth-order valence-electron chi connectivity index (χ4n) is 3.88. The first-order valence-corrected chi connectivity index (χ1v) is 10.2. The predicted octanol–water partition coefficient (Wildman–Crippen LogP) is 3.54. The van der Waals surface area contributed by atoms with Crippen LogP contribution in [0.25, 0.3) is 11.0 Å². The third-order valence-electron chi connectivity index (χ3n) is 5.50. The van der Waals surface area contributed by atoms with Gasteiger partial charge < -0.3 is 9.64 Å². The van der Waals surface area contributed by atoms with Gasteiger partial charge in [-0.3, -0.25) is 9.78 Å². The zero-order valence-corrected chi connectivity index (χ0v) is 17.8. The molecular formula is C22H29N5O2. The first-order chi connectivity index (χ1) is 13.7. The lowest BCUT2D eigenvalue weighted by Gasteiger charge is -2.33. The van der Waals surface area contributed by atoms with E-state index in [2.05, 4.69) is 67.8 Å². The third kappa shape index (κ3) is 3.73. The summed E-state index contributed by atoms with van der Waals surface area (Å²) in [5, 5.41) is 4.91. The van der Waals surface area contributed by atoms with Gasteiger partial charge in [0.25, 0.3) is 5.56 Å². The van der Waals surface area contributed by atoms with Crippen molar-refractivity contribution in [1.82, 2.24) is 19.7 Å². The molecule has 1 saturated heterocycles. The second-order valence-corrected chi connectivity index (χ2v) is 8.88. The summed E-state index contributed by atoms with van der Waals surface area (Å²) in [7, 11) is 0. The molecule has 29 heavy (non-hydrogen) atoms. The number of hydrogen-bond acceptors (Lipinski definition) is 5. The van der Waals surface area contributed by atoms with Gasteiger partial charge in [0.15, 0.2) is 5.65 Å². The molecule has 7 nitrogen and oxygen atoms in total. The van der Waals surface area contributed by atoms with E-state index in [4.69, 9.17) is 9.72 Å². The minimum atomic E-state index is -0.244. The smallest absolute Gasteiger partial charge is 0.263 e. The van der Waals surface area contributed by atoms with Crippen molar-refractivity contribution in [2.75, 3.05) is 18.0 Å². The molecule has 2 aromatic heterocycles. The van der Waals surface area contributed by atoms with Crippen LogP contribution in [0.5, 0.6) is 5.75 Å². The Kier molecular flexibility index (Phi) is 4.84. The summed E-state index contributed by atoms with van der Waals surface area (Å²) in [4.78, 5) is 22.4. The Balaban J connectivity index is 1.53. The van der Waals surface area contributed by atoms with E-state index >= 15 is 0 Å². The third-order valence-corrected chi connectivity index (χ3v) is 5.50. The molecule has 0 bridgehead atoms. The van der Waals surface area contributed by atoms with Crippen molar-refractivity contribution in [2.45, 2.75) is 59.1 Å². The highest BCUT2D eigenvalue weighted by Gasteiger charge is 2.25. The van der Waals surface area contributed by atoms with E-state index in [0.29, 0.717) is 17.0 Å².